The third-order valence-corrected chi connectivity index (χ3v) is 14.8. The van der Waals surface area contributed by atoms with Crippen LogP contribution in [0.4, 0.5) is 0 Å². The average molecular weight is 994 g/mol. The molecule has 0 atom stereocenters. The van der Waals surface area contributed by atoms with Crippen LogP contribution >= 0.6 is 0 Å². The first-order valence-corrected chi connectivity index (χ1v) is 25.9. The minimum Gasteiger partial charge on any atom is -0.308 e. The number of nitrogens with zero attached hydrogens (tertiary/aromatic N) is 7. The van der Waals surface area contributed by atoms with Gasteiger partial charge in [0.05, 0.1) is 56.7 Å². The quantitative estimate of drug-likeness (QED) is 0.144. The first-order valence-electron chi connectivity index (χ1n) is 25.9. The third-order valence-electron chi connectivity index (χ3n) is 14.8. The van der Waals surface area contributed by atoms with E-state index in [9.17, 15) is 10.5 Å². The Hall–Kier alpha value is -11.0. The smallest absolute Gasteiger partial charge is 0.166 e. The van der Waals surface area contributed by atoms with Gasteiger partial charge in [0.15, 0.2) is 17.5 Å². The standard InChI is InChI=1S/C71H43N7/c72-44-46-26-32-57(67(38-46)77-63-34-28-53(48-16-6-1-7-17-48)40-59(63)60-41-54(29-35-64(60)77)49-18-8-2-9-19-49)70-74-69(52-24-14-5-15-25-52)75-71(76-70)58-33-27-47(45-73)39-68(58)78-65-36-30-55(50-20-10-3-11-21-50)42-61(65)62-43-56(31-37-66(62)78)51-22-12-4-13-23-51/h1-43H. The Morgan fingerprint density at radius 3 is 0.833 bits per heavy atom. The lowest BCUT2D eigenvalue weighted by molar-refractivity contribution is 1.06. The van der Waals surface area contributed by atoms with E-state index in [4.69, 9.17) is 15.0 Å². The van der Waals surface area contributed by atoms with Crippen LogP contribution in [0.25, 0.3) is 134 Å². The predicted molar refractivity (Wildman–Crippen MR) is 316 cm³/mol. The molecule has 0 radical (unpaired) electrons. The van der Waals surface area contributed by atoms with Gasteiger partial charge in [0.2, 0.25) is 0 Å². The van der Waals surface area contributed by atoms with Gasteiger partial charge in [-0.1, -0.05) is 176 Å². The van der Waals surface area contributed by atoms with E-state index in [1.54, 1.807) is 0 Å². The third kappa shape index (κ3) is 7.95. The molecular weight excluding hydrogens is 951 g/mol. The Morgan fingerprint density at radius 2 is 0.538 bits per heavy atom. The molecule has 0 saturated carbocycles. The van der Waals surface area contributed by atoms with Gasteiger partial charge < -0.3 is 9.13 Å². The zero-order valence-electron chi connectivity index (χ0n) is 42.0. The highest BCUT2D eigenvalue weighted by atomic mass is 15.1. The van der Waals surface area contributed by atoms with E-state index in [0.717, 1.165) is 105 Å². The molecule has 362 valence electrons. The van der Waals surface area contributed by atoms with Crippen molar-refractivity contribution in [2.75, 3.05) is 0 Å². The van der Waals surface area contributed by atoms with Crippen LogP contribution in [0, 0.1) is 22.7 Å². The van der Waals surface area contributed by atoms with Crippen LogP contribution in [0.15, 0.2) is 261 Å². The highest BCUT2D eigenvalue weighted by Crippen LogP contribution is 2.43. The molecular formula is C71H43N7. The van der Waals surface area contributed by atoms with E-state index in [1.165, 1.54) is 0 Å². The van der Waals surface area contributed by atoms with Gasteiger partial charge in [-0.25, -0.2) is 15.0 Å². The molecule has 0 aliphatic heterocycles. The van der Waals surface area contributed by atoms with E-state index in [-0.39, 0.29) is 0 Å². The van der Waals surface area contributed by atoms with E-state index in [1.807, 2.05) is 91.0 Å². The zero-order valence-corrected chi connectivity index (χ0v) is 42.0. The SMILES string of the molecule is N#Cc1ccc(-c2nc(-c3ccccc3)nc(-c3ccc(C#N)cc3-n3c4ccc(-c5ccccc5)cc4c4cc(-c5ccccc5)ccc43)n2)c(-n2c3ccc(-c4ccccc4)cc3c3cc(-c4ccccc4)ccc32)c1. The van der Waals surface area contributed by atoms with Gasteiger partial charge in [0, 0.05) is 38.2 Å². The summed E-state index contributed by atoms with van der Waals surface area (Å²) in [5.74, 6) is 1.33. The number of nitriles is 2. The Kier molecular flexibility index (Phi) is 11.1. The Bertz CT molecular complexity index is 4250. The number of benzene rings is 11. The fourth-order valence-electron chi connectivity index (χ4n) is 11.1. The summed E-state index contributed by atoms with van der Waals surface area (Å²) in [6.07, 6.45) is 0. The van der Waals surface area contributed by atoms with Crippen molar-refractivity contribution in [1.82, 2.24) is 24.1 Å². The summed E-state index contributed by atoms with van der Waals surface area (Å²) in [4.78, 5) is 16.1. The first-order chi connectivity index (χ1) is 38.6. The van der Waals surface area contributed by atoms with Crippen LogP contribution in [0.5, 0.6) is 0 Å². The highest BCUT2D eigenvalue weighted by Gasteiger charge is 2.24. The zero-order chi connectivity index (χ0) is 52.1. The van der Waals surface area contributed by atoms with Crippen molar-refractivity contribution in [3.63, 3.8) is 0 Å². The van der Waals surface area contributed by atoms with Crippen molar-refractivity contribution < 1.29 is 0 Å². The Balaban J connectivity index is 1.02. The summed E-state index contributed by atoms with van der Waals surface area (Å²) in [5, 5.41) is 25.5. The maximum absolute atomic E-state index is 10.6. The van der Waals surface area contributed by atoms with E-state index < -0.39 is 0 Å². The van der Waals surface area contributed by atoms with Gasteiger partial charge >= 0.3 is 0 Å². The van der Waals surface area contributed by atoms with Crippen LogP contribution < -0.4 is 0 Å². The number of fused-ring (bicyclic) bond motifs is 6. The maximum Gasteiger partial charge on any atom is 0.166 e. The normalized spacial score (nSPS) is 11.3. The number of aromatic nitrogens is 5. The Morgan fingerprint density at radius 1 is 0.256 bits per heavy atom. The van der Waals surface area contributed by atoms with Crippen LogP contribution in [-0.2, 0) is 0 Å². The lowest BCUT2D eigenvalue weighted by Crippen LogP contribution is -2.06. The van der Waals surface area contributed by atoms with Crippen molar-refractivity contribution >= 4 is 43.6 Å². The molecule has 78 heavy (non-hydrogen) atoms. The average Bonchev–Trinajstić information content (AvgIpc) is 4.14. The molecule has 14 aromatic rings. The molecule has 0 fully saturated rings. The summed E-state index contributed by atoms with van der Waals surface area (Å²) in [7, 11) is 0. The summed E-state index contributed by atoms with van der Waals surface area (Å²) in [6.45, 7) is 0. The largest absolute Gasteiger partial charge is 0.308 e. The van der Waals surface area contributed by atoms with Crippen molar-refractivity contribution in [1.29, 1.82) is 10.5 Å². The van der Waals surface area contributed by atoms with Crippen molar-refractivity contribution in [2.45, 2.75) is 0 Å². The molecule has 0 saturated heterocycles. The summed E-state index contributed by atoms with van der Waals surface area (Å²) >= 11 is 0. The number of hydrogen-bond acceptors (Lipinski definition) is 5. The summed E-state index contributed by atoms with van der Waals surface area (Å²) in [5.41, 5.74) is 17.5. The van der Waals surface area contributed by atoms with Crippen molar-refractivity contribution in [3.8, 4) is 102 Å². The fraction of sp³-hybridized carbons (Fsp3) is 0. The van der Waals surface area contributed by atoms with Gasteiger partial charge in [-0.05, 0) is 129 Å². The van der Waals surface area contributed by atoms with Crippen LogP contribution in [0.3, 0.4) is 0 Å². The molecule has 0 bridgehead atoms. The van der Waals surface area contributed by atoms with Crippen molar-refractivity contribution in [3.05, 3.63) is 272 Å². The minimum atomic E-state index is 0.424. The maximum atomic E-state index is 10.6. The Labute approximate surface area is 450 Å². The van der Waals surface area contributed by atoms with Crippen LogP contribution in [0.2, 0.25) is 0 Å². The minimum absolute atomic E-state index is 0.424. The second-order valence-corrected chi connectivity index (χ2v) is 19.4. The van der Waals surface area contributed by atoms with Gasteiger partial charge in [-0.2, -0.15) is 10.5 Å². The van der Waals surface area contributed by atoms with Crippen LogP contribution in [0.1, 0.15) is 11.1 Å². The predicted octanol–water partition coefficient (Wildman–Crippen LogP) is 17.5. The van der Waals surface area contributed by atoms with Gasteiger partial charge in [-0.3, -0.25) is 0 Å². The second kappa shape index (κ2) is 19.1. The topological polar surface area (TPSA) is 96.1 Å². The lowest BCUT2D eigenvalue weighted by atomic mass is 10.0. The first kappa shape index (κ1) is 45.6. The molecule has 0 spiro atoms. The molecule has 7 heteroatoms. The van der Waals surface area contributed by atoms with Gasteiger partial charge in [0.25, 0.3) is 0 Å². The molecule has 11 aromatic carbocycles. The lowest BCUT2D eigenvalue weighted by Gasteiger charge is -2.17. The van der Waals surface area contributed by atoms with Crippen LogP contribution in [-0.4, -0.2) is 24.1 Å². The molecule has 7 nitrogen and oxygen atoms in total. The molecule has 3 heterocycles. The van der Waals surface area contributed by atoms with E-state index in [0.29, 0.717) is 39.7 Å². The molecule has 0 aliphatic rings. The monoisotopic (exact) mass is 993 g/mol. The molecule has 0 N–H and O–H groups in total. The fourth-order valence-corrected chi connectivity index (χ4v) is 11.1. The van der Waals surface area contributed by atoms with E-state index >= 15 is 0 Å². The van der Waals surface area contributed by atoms with Gasteiger partial charge in [0.1, 0.15) is 0 Å². The second-order valence-electron chi connectivity index (χ2n) is 19.4. The molecule has 14 rings (SSSR count). The molecule has 0 aliphatic carbocycles. The van der Waals surface area contributed by atoms with E-state index in [2.05, 4.69) is 191 Å². The molecule has 3 aromatic heterocycles. The number of hydrogen-bond donors (Lipinski definition) is 0. The van der Waals surface area contributed by atoms with Gasteiger partial charge in [-0.15, -0.1) is 0 Å². The summed E-state index contributed by atoms with van der Waals surface area (Å²) in [6, 6.07) is 94.5. The summed E-state index contributed by atoms with van der Waals surface area (Å²) < 4.78 is 4.49. The molecule has 0 amide bonds. The number of rotatable bonds is 9. The molecule has 0 unspecified atom stereocenters. The van der Waals surface area contributed by atoms with Crippen molar-refractivity contribution in [2.24, 2.45) is 0 Å². The highest BCUT2D eigenvalue weighted by molar-refractivity contribution is 6.13.